The summed E-state index contributed by atoms with van der Waals surface area (Å²) in [5, 5.41) is 5.64. The van der Waals surface area contributed by atoms with Gasteiger partial charge < -0.3 is 20.3 Å². The molecule has 0 aromatic heterocycles. The normalized spacial score (nSPS) is 17.5. The minimum atomic E-state index is -1.16. The monoisotopic (exact) mass is 566 g/mol. The molecule has 0 spiro atoms. The third kappa shape index (κ3) is 7.24. The summed E-state index contributed by atoms with van der Waals surface area (Å²) in [5.74, 6) is 0.203. The Morgan fingerprint density at radius 1 is 0.952 bits per heavy atom. The molecule has 5 rings (SSSR count). The number of carbonyl (C=O) groups excluding carboxylic acids is 3. The summed E-state index contributed by atoms with van der Waals surface area (Å²) in [7, 11) is 0. The Morgan fingerprint density at radius 2 is 1.62 bits per heavy atom. The third-order valence-electron chi connectivity index (χ3n) is 7.79. The van der Waals surface area contributed by atoms with Crippen molar-refractivity contribution >= 4 is 29.1 Å². The average Bonchev–Trinajstić information content (AvgIpc) is 3.49. The zero-order valence-corrected chi connectivity index (χ0v) is 24.0. The van der Waals surface area contributed by atoms with Crippen LogP contribution in [-0.2, 0) is 14.4 Å². The number of nitrogens with one attached hydrogen (secondary N) is 2. The fraction of sp³-hybridized carbons (Fsp3) is 0.353. The molecule has 1 saturated carbocycles. The van der Waals surface area contributed by atoms with Crippen molar-refractivity contribution in [3.8, 4) is 5.75 Å². The lowest BCUT2D eigenvalue weighted by molar-refractivity contribution is -0.131. The number of benzodiazepines with no additional fused rings is 1. The van der Waals surface area contributed by atoms with Crippen LogP contribution in [-0.4, -0.2) is 48.8 Å². The predicted molar refractivity (Wildman–Crippen MR) is 164 cm³/mol. The zero-order chi connectivity index (χ0) is 29.3. The van der Waals surface area contributed by atoms with Gasteiger partial charge in [-0.2, -0.15) is 0 Å². The first kappa shape index (κ1) is 29.0. The topological polar surface area (TPSA) is 100 Å². The molecule has 3 aromatic carbocycles. The number of carbonyl (C=O) groups is 3. The average molecular weight is 567 g/mol. The first-order valence-electron chi connectivity index (χ1n) is 14.8. The molecule has 1 heterocycles. The van der Waals surface area contributed by atoms with Crippen molar-refractivity contribution in [1.29, 1.82) is 0 Å². The van der Waals surface area contributed by atoms with Crippen LogP contribution >= 0.6 is 0 Å². The van der Waals surface area contributed by atoms with E-state index in [1.54, 1.807) is 11.8 Å². The molecule has 8 heteroatoms. The molecule has 1 aliphatic carbocycles. The highest BCUT2D eigenvalue weighted by Crippen LogP contribution is 2.29. The summed E-state index contributed by atoms with van der Waals surface area (Å²) >= 11 is 0. The molecule has 42 heavy (non-hydrogen) atoms. The number of aliphatic imine (C=N–C) groups is 1. The number of nitrogens with zero attached hydrogens (tertiary/aromatic N) is 2. The van der Waals surface area contributed by atoms with E-state index in [4.69, 9.17) is 9.73 Å². The quantitative estimate of drug-likeness (QED) is 0.324. The van der Waals surface area contributed by atoms with Gasteiger partial charge >= 0.3 is 0 Å². The zero-order valence-electron chi connectivity index (χ0n) is 24.0. The summed E-state index contributed by atoms with van der Waals surface area (Å²) < 4.78 is 5.87. The van der Waals surface area contributed by atoms with Gasteiger partial charge in [-0.3, -0.25) is 14.4 Å². The van der Waals surface area contributed by atoms with Crippen LogP contribution in [0.3, 0.4) is 0 Å². The molecule has 2 N–H and O–H groups in total. The molecule has 3 amide bonds. The highest BCUT2D eigenvalue weighted by atomic mass is 16.5. The van der Waals surface area contributed by atoms with Gasteiger partial charge in [0.1, 0.15) is 11.8 Å². The molecular formula is C34H38N4O4. The van der Waals surface area contributed by atoms with Gasteiger partial charge in [0.15, 0.2) is 0 Å². The number of para-hydroxylation sites is 2. The van der Waals surface area contributed by atoms with Crippen LogP contribution in [0, 0.1) is 5.92 Å². The van der Waals surface area contributed by atoms with Crippen molar-refractivity contribution in [2.24, 2.45) is 10.9 Å². The number of benzene rings is 3. The van der Waals surface area contributed by atoms with E-state index < -0.39 is 18.1 Å². The van der Waals surface area contributed by atoms with Gasteiger partial charge in [-0.1, -0.05) is 79.6 Å². The van der Waals surface area contributed by atoms with E-state index in [9.17, 15) is 14.4 Å². The van der Waals surface area contributed by atoms with Crippen LogP contribution in [0.4, 0.5) is 5.69 Å². The summed E-state index contributed by atoms with van der Waals surface area (Å²) in [6.07, 6.45) is 4.23. The van der Waals surface area contributed by atoms with E-state index in [1.807, 2.05) is 84.9 Å². The molecule has 3 aromatic rings. The van der Waals surface area contributed by atoms with Gasteiger partial charge in [0, 0.05) is 24.1 Å². The van der Waals surface area contributed by atoms with Gasteiger partial charge in [-0.25, -0.2) is 4.99 Å². The maximum absolute atomic E-state index is 14.0. The lowest BCUT2D eigenvalue weighted by Gasteiger charge is -2.26. The number of anilines is 1. The van der Waals surface area contributed by atoms with E-state index in [2.05, 4.69) is 10.6 Å². The summed E-state index contributed by atoms with van der Waals surface area (Å²) in [4.78, 5) is 46.4. The van der Waals surface area contributed by atoms with Crippen LogP contribution < -0.4 is 20.3 Å². The second kappa shape index (κ2) is 13.9. The molecule has 2 atom stereocenters. The van der Waals surface area contributed by atoms with Crippen LogP contribution in [0.2, 0.25) is 0 Å². The Morgan fingerprint density at radius 3 is 2.36 bits per heavy atom. The second-order valence-electron chi connectivity index (χ2n) is 10.9. The minimum absolute atomic E-state index is 0.141. The van der Waals surface area contributed by atoms with Gasteiger partial charge in [-0.15, -0.1) is 0 Å². The van der Waals surface area contributed by atoms with Crippen LogP contribution in [0.15, 0.2) is 89.9 Å². The molecule has 0 saturated heterocycles. The molecule has 2 aliphatic rings. The highest BCUT2D eigenvalue weighted by Gasteiger charge is 2.34. The number of amides is 3. The van der Waals surface area contributed by atoms with Crippen molar-refractivity contribution < 1.29 is 19.1 Å². The Bertz CT molecular complexity index is 1400. The van der Waals surface area contributed by atoms with Crippen LogP contribution in [0.5, 0.6) is 5.75 Å². The summed E-state index contributed by atoms with van der Waals surface area (Å²) in [6.45, 7) is 2.43. The molecule has 1 fully saturated rings. The summed E-state index contributed by atoms with van der Waals surface area (Å²) in [6, 6.07) is 26.0. The fourth-order valence-electron chi connectivity index (χ4n) is 5.61. The minimum Gasteiger partial charge on any atom is -0.494 e. The van der Waals surface area contributed by atoms with Crippen molar-refractivity contribution in [3.05, 3.63) is 96.1 Å². The number of hydrogen-bond acceptors (Lipinski definition) is 5. The van der Waals surface area contributed by atoms with Crippen LogP contribution in [0.1, 0.15) is 56.6 Å². The van der Waals surface area contributed by atoms with E-state index in [0.29, 0.717) is 37.6 Å². The van der Waals surface area contributed by atoms with Crippen molar-refractivity contribution in [1.82, 2.24) is 10.6 Å². The number of hydrogen-bond donors (Lipinski definition) is 2. The first-order chi connectivity index (χ1) is 20.5. The van der Waals surface area contributed by atoms with E-state index in [1.165, 1.54) is 0 Å². The number of rotatable bonds is 11. The largest absolute Gasteiger partial charge is 0.494 e. The SMILES string of the molecule is C[C@H](NC(=O)CC1CCCC1)C(=O)NC1N=C(c2ccccc2)c2ccccc2N(CCCOc2ccccc2)C1=O. The molecule has 1 unspecified atom stereocenters. The van der Waals surface area contributed by atoms with Crippen molar-refractivity contribution in [2.45, 2.75) is 57.7 Å². The second-order valence-corrected chi connectivity index (χ2v) is 10.9. The molecule has 218 valence electrons. The van der Waals surface area contributed by atoms with Crippen LogP contribution in [0.25, 0.3) is 0 Å². The molecule has 0 radical (unpaired) electrons. The lowest BCUT2D eigenvalue weighted by atomic mass is 10.0. The molecular weight excluding hydrogens is 528 g/mol. The van der Waals surface area contributed by atoms with Gasteiger partial charge in [-0.05, 0) is 50.3 Å². The molecule has 1 aliphatic heterocycles. The number of fused-ring (bicyclic) bond motifs is 1. The van der Waals surface area contributed by atoms with Gasteiger partial charge in [0.2, 0.25) is 18.0 Å². The van der Waals surface area contributed by atoms with E-state index in [-0.39, 0.29) is 11.8 Å². The van der Waals surface area contributed by atoms with E-state index >= 15 is 0 Å². The number of ether oxygens (including phenoxy) is 1. The molecule has 8 nitrogen and oxygen atoms in total. The van der Waals surface area contributed by atoms with Crippen molar-refractivity contribution in [2.75, 3.05) is 18.1 Å². The smallest absolute Gasteiger partial charge is 0.272 e. The highest BCUT2D eigenvalue weighted by molar-refractivity contribution is 6.20. The Labute approximate surface area is 247 Å². The Balaban J connectivity index is 1.35. The maximum atomic E-state index is 14.0. The van der Waals surface area contributed by atoms with Gasteiger partial charge in [0.05, 0.1) is 18.0 Å². The van der Waals surface area contributed by atoms with Gasteiger partial charge in [0.25, 0.3) is 5.91 Å². The molecule has 0 bridgehead atoms. The Hall–Kier alpha value is -4.46. The third-order valence-corrected chi connectivity index (χ3v) is 7.79. The maximum Gasteiger partial charge on any atom is 0.272 e. The lowest BCUT2D eigenvalue weighted by Crippen LogP contribution is -2.53. The predicted octanol–water partition coefficient (Wildman–Crippen LogP) is 4.87. The van der Waals surface area contributed by atoms with Crippen molar-refractivity contribution in [3.63, 3.8) is 0 Å². The Kier molecular flexibility index (Phi) is 9.64. The standard InChI is InChI=1S/C34H38N4O4/c1-24(35-30(39)23-25-13-8-9-14-25)33(40)37-32-34(41)38(21-12-22-42-27-17-6-3-7-18-27)29-20-11-10-19-28(29)31(36-32)26-15-4-2-5-16-26/h2-7,10-11,15-20,24-25,32H,8-9,12-14,21-23H2,1H3,(H,35,39)(H,37,40)/t24-,32?/m0/s1. The summed E-state index contributed by atoms with van der Waals surface area (Å²) in [5.41, 5.74) is 2.98. The fourth-order valence-corrected chi connectivity index (χ4v) is 5.61. The first-order valence-corrected chi connectivity index (χ1v) is 14.8. The van der Waals surface area contributed by atoms with E-state index in [0.717, 1.165) is 48.2 Å².